The summed E-state index contributed by atoms with van der Waals surface area (Å²) in [6.45, 7) is 4.05. The van der Waals surface area contributed by atoms with Crippen LogP contribution >= 0.6 is 0 Å². The Kier molecular flexibility index (Phi) is 5.36. The number of amides is 1. The first-order chi connectivity index (χ1) is 10.6. The molecule has 1 amide bonds. The van der Waals surface area contributed by atoms with Crippen molar-refractivity contribution in [1.29, 1.82) is 0 Å². The summed E-state index contributed by atoms with van der Waals surface area (Å²) in [5.74, 6) is -0.0661. The minimum Gasteiger partial charge on any atom is -0.494 e. The van der Waals surface area contributed by atoms with Crippen molar-refractivity contribution in [3.05, 3.63) is 54.3 Å². The molecule has 2 aromatic rings. The molecular formula is C17H18FNO3. The molecular weight excluding hydrogens is 285 g/mol. The largest absolute Gasteiger partial charge is 0.494 e. The summed E-state index contributed by atoms with van der Waals surface area (Å²) in [5.41, 5.74) is 0.623. The second kappa shape index (κ2) is 7.45. The minimum atomic E-state index is -0.816. The van der Waals surface area contributed by atoms with Gasteiger partial charge in [0.1, 0.15) is 5.75 Å². The maximum atomic E-state index is 13.5. The molecule has 0 spiro atoms. The smallest absolute Gasteiger partial charge is 0.265 e. The van der Waals surface area contributed by atoms with Crippen molar-refractivity contribution in [2.24, 2.45) is 0 Å². The average Bonchev–Trinajstić information content (AvgIpc) is 2.51. The van der Waals surface area contributed by atoms with Gasteiger partial charge in [-0.3, -0.25) is 4.79 Å². The van der Waals surface area contributed by atoms with Crippen molar-refractivity contribution in [2.75, 3.05) is 11.9 Å². The molecule has 2 rings (SSSR count). The number of carbonyl (C=O) groups excluding carboxylic acids is 1. The van der Waals surface area contributed by atoms with Crippen molar-refractivity contribution in [2.45, 2.75) is 20.0 Å². The maximum Gasteiger partial charge on any atom is 0.265 e. The van der Waals surface area contributed by atoms with E-state index in [2.05, 4.69) is 5.32 Å². The molecule has 116 valence electrons. The van der Waals surface area contributed by atoms with Gasteiger partial charge in [-0.05, 0) is 50.2 Å². The number of anilines is 1. The highest BCUT2D eigenvalue weighted by Gasteiger charge is 2.16. The van der Waals surface area contributed by atoms with Crippen molar-refractivity contribution in [1.82, 2.24) is 0 Å². The van der Waals surface area contributed by atoms with Gasteiger partial charge in [0, 0.05) is 5.69 Å². The third-order valence-corrected chi connectivity index (χ3v) is 2.94. The SMILES string of the molecule is CCOc1ccc(NC(=O)[C@@H](C)Oc2ccccc2F)cc1. The molecule has 0 fully saturated rings. The van der Waals surface area contributed by atoms with Crippen LogP contribution in [0.3, 0.4) is 0 Å². The van der Waals surface area contributed by atoms with Gasteiger partial charge in [0.2, 0.25) is 0 Å². The zero-order chi connectivity index (χ0) is 15.9. The van der Waals surface area contributed by atoms with Crippen LogP contribution in [0.5, 0.6) is 11.5 Å². The van der Waals surface area contributed by atoms with Gasteiger partial charge in [0.15, 0.2) is 17.7 Å². The van der Waals surface area contributed by atoms with E-state index in [0.717, 1.165) is 5.75 Å². The van der Waals surface area contributed by atoms with E-state index in [1.165, 1.54) is 12.1 Å². The van der Waals surface area contributed by atoms with E-state index in [0.29, 0.717) is 12.3 Å². The van der Waals surface area contributed by atoms with E-state index in [1.54, 1.807) is 43.3 Å². The van der Waals surface area contributed by atoms with Crippen LogP contribution < -0.4 is 14.8 Å². The minimum absolute atomic E-state index is 0.0526. The number of hydrogen-bond acceptors (Lipinski definition) is 3. The maximum absolute atomic E-state index is 13.5. The van der Waals surface area contributed by atoms with Crippen LogP contribution in [0.2, 0.25) is 0 Å². The molecule has 0 heterocycles. The fourth-order valence-corrected chi connectivity index (χ4v) is 1.83. The van der Waals surface area contributed by atoms with Gasteiger partial charge in [-0.25, -0.2) is 4.39 Å². The topological polar surface area (TPSA) is 47.6 Å². The van der Waals surface area contributed by atoms with Gasteiger partial charge in [-0.15, -0.1) is 0 Å². The molecule has 0 aliphatic carbocycles. The van der Waals surface area contributed by atoms with Crippen molar-refractivity contribution in [3.8, 4) is 11.5 Å². The van der Waals surface area contributed by atoms with E-state index < -0.39 is 11.9 Å². The standard InChI is InChI=1S/C17H18FNO3/c1-3-21-14-10-8-13(9-11-14)19-17(20)12(2)22-16-7-5-4-6-15(16)18/h4-12H,3H2,1-2H3,(H,19,20)/t12-/m1/s1. The van der Waals surface area contributed by atoms with E-state index in [9.17, 15) is 9.18 Å². The third kappa shape index (κ3) is 4.22. The van der Waals surface area contributed by atoms with Crippen molar-refractivity contribution in [3.63, 3.8) is 0 Å². The molecule has 0 saturated heterocycles. The molecule has 4 nitrogen and oxygen atoms in total. The lowest BCUT2D eigenvalue weighted by Crippen LogP contribution is -2.30. The van der Waals surface area contributed by atoms with Gasteiger partial charge in [0.25, 0.3) is 5.91 Å². The molecule has 1 N–H and O–H groups in total. The Hall–Kier alpha value is -2.56. The summed E-state index contributed by atoms with van der Waals surface area (Å²) in [6, 6.07) is 13.0. The number of rotatable bonds is 6. The molecule has 22 heavy (non-hydrogen) atoms. The van der Waals surface area contributed by atoms with E-state index in [4.69, 9.17) is 9.47 Å². The van der Waals surface area contributed by atoms with Gasteiger partial charge in [-0.1, -0.05) is 12.1 Å². The van der Waals surface area contributed by atoms with Gasteiger partial charge in [0.05, 0.1) is 6.61 Å². The Balaban J connectivity index is 1.95. The predicted molar refractivity (Wildman–Crippen MR) is 82.7 cm³/mol. The highest BCUT2D eigenvalue weighted by atomic mass is 19.1. The molecule has 0 aliphatic rings. The number of nitrogens with one attached hydrogen (secondary N) is 1. The van der Waals surface area contributed by atoms with Crippen LogP contribution in [0, 0.1) is 5.82 Å². The molecule has 0 unspecified atom stereocenters. The highest BCUT2D eigenvalue weighted by Crippen LogP contribution is 2.19. The summed E-state index contributed by atoms with van der Waals surface area (Å²) in [4.78, 5) is 12.0. The Bertz CT molecular complexity index is 628. The predicted octanol–water partition coefficient (Wildman–Crippen LogP) is 3.63. The van der Waals surface area contributed by atoms with Crippen molar-refractivity contribution < 1.29 is 18.7 Å². The normalized spacial score (nSPS) is 11.6. The molecule has 0 radical (unpaired) electrons. The number of hydrogen-bond donors (Lipinski definition) is 1. The summed E-state index contributed by atoms with van der Waals surface area (Å²) >= 11 is 0. The molecule has 0 saturated carbocycles. The van der Waals surface area contributed by atoms with Crippen molar-refractivity contribution >= 4 is 11.6 Å². The van der Waals surface area contributed by atoms with Crippen LogP contribution in [0.1, 0.15) is 13.8 Å². The molecule has 5 heteroatoms. The Morgan fingerprint density at radius 2 is 1.86 bits per heavy atom. The monoisotopic (exact) mass is 303 g/mol. The first-order valence-electron chi connectivity index (χ1n) is 7.05. The summed E-state index contributed by atoms with van der Waals surface area (Å²) < 4.78 is 24.1. The second-order valence-electron chi connectivity index (χ2n) is 4.64. The van der Waals surface area contributed by atoms with Crippen LogP contribution in [0.15, 0.2) is 48.5 Å². The molecule has 2 aromatic carbocycles. The number of carbonyl (C=O) groups is 1. The second-order valence-corrected chi connectivity index (χ2v) is 4.64. The first kappa shape index (κ1) is 15.8. The van der Waals surface area contributed by atoms with E-state index in [1.807, 2.05) is 6.92 Å². The molecule has 0 aromatic heterocycles. The number of ether oxygens (including phenoxy) is 2. The van der Waals surface area contributed by atoms with Crippen LogP contribution in [0.4, 0.5) is 10.1 Å². The zero-order valence-electron chi connectivity index (χ0n) is 12.5. The summed E-state index contributed by atoms with van der Waals surface area (Å²) in [6.07, 6.45) is -0.816. The Morgan fingerprint density at radius 1 is 1.18 bits per heavy atom. The molecule has 0 bridgehead atoms. The van der Waals surface area contributed by atoms with Crippen LogP contribution in [-0.4, -0.2) is 18.6 Å². The fourth-order valence-electron chi connectivity index (χ4n) is 1.83. The van der Waals surface area contributed by atoms with Gasteiger partial charge in [-0.2, -0.15) is 0 Å². The van der Waals surface area contributed by atoms with E-state index >= 15 is 0 Å². The summed E-state index contributed by atoms with van der Waals surface area (Å²) in [5, 5.41) is 2.71. The molecule has 1 atom stereocenters. The third-order valence-electron chi connectivity index (χ3n) is 2.94. The van der Waals surface area contributed by atoms with Gasteiger partial charge >= 0.3 is 0 Å². The average molecular weight is 303 g/mol. The van der Waals surface area contributed by atoms with E-state index in [-0.39, 0.29) is 11.7 Å². The number of benzene rings is 2. The fraction of sp³-hybridized carbons (Fsp3) is 0.235. The van der Waals surface area contributed by atoms with Gasteiger partial charge < -0.3 is 14.8 Å². The molecule has 0 aliphatic heterocycles. The first-order valence-corrected chi connectivity index (χ1v) is 7.05. The quantitative estimate of drug-likeness (QED) is 0.886. The Morgan fingerprint density at radius 3 is 2.50 bits per heavy atom. The lowest BCUT2D eigenvalue weighted by atomic mass is 10.2. The Labute approximate surface area is 128 Å². The zero-order valence-corrected chi connectivity index (χ0v) is 12.5. The van der Waals surface area contributed by atoms with Crippen LogP contribution in [-0.2, 0) is 4.79 Å². The number of halogens is 1. The lowest BCUT2D eigenvalue weighted by molar-refractivity contribution is -0.122. The van der Waals surface area contributed by atoms with Crippen LogP contribution in [0.25, 0.3) is 0 Å². The lowest BCUT2D eigenvalue weighted by Gasteiger charge is -2.15. The highest BCUT2D eigenvalue weighted by molar-refractivity contribution is 5.94. The summed E-state index contributed by atoms with van der Waals surface area (Å²) in [7, 11) is 0. The number of para-hydroxylation sites is 1.